The summed E-state index contributed by atoms with van der Waals surface area (Å²) in [6.07, 6.45) is 5.92. The zero-order chi connectivity index (χ0) is 65.5. The number of nitrogens with two attached hydrogens (primary N) is 1. The van der Waals surface area contributed by atoms with Crippen molar-refractivity contribution in [2.75, 3.05) is 116 Å². The van der Waals surface area contributed by atoms with Crippen molar-refractivity contribution in [3.8, 4) is 33.0 Å². The van der Waals surface area contributed by atoms with Gasteiger partial charge >= 0.3 is 5.97 Å². The fourth-order valence-corrected chi connectivity index (χ4v) is 13.5. The summed E-state index contributed by atoms with van der Waals surface area (Å²) in [7, 11) is 0.673. The number of thiazole rings is 1. The van der Waals surface area contributed by atoms with E-state index in [0.717, 1.165) is 10.5 Å². The molecule has 0 atom stereocenters. The van der Waals surface area contributed by atoms with Crippen molar-refractivity contribution in [2.24, 2.45) is 7.05 Å². The maximum atomic E-state index is 16.1. The third-order valence-corrected chi connectivity index (χ3v) is 18.7. The molecule has 2 saturated heterocycles. The molecule has 92 heavy (non-hydrogen) atoms. The Hall–Kier alpha value is -8.58. The highest BCUT2D eigenvalue weighted by Gasteiger charge is 2.32. The van der Waals surface area contributed by atoms with Gasteiger partial charge in [-0.25, -0.2) is 32.2 Å². The van der Waals surface area contributed by atoms with Gasteiger partial charge in [0.15, 0.2) is 5.82 Å². The average Bonchev–Trinajstić information content (AvgIpc) is 1.59. The van der Waals surface area contributed by atoms with Crippen LogP contribution in [-0.4, -0.2) is 199 Å². The van der Waals surface area contributed by atoms with Gasteiger partial charge < -0.3 is 50.0 Å². The summed E-state index contributed by atoms with van der Waals surface area (Å²) in [5, 5.41) is 16.5. The van der Waals surface area contributed by atoms with Crippen LogP contribution in [0.4, 0.5) is 20.4 Å². The number of halogens is 2. The lowest BCUT2D eigenvalue weighted by molar-refractivity contribution is -0.141. The van der Waals surface area contributed by atoms with Crippen molar-refractivity contribution < 1.29 is 64.9 Å². The number of anilines is 2. The summed E-state index contributed by atoms with van der Waals surface area (Å²) in [6.45, 7) is 4.37. The predicted molar refractivity (Wildman–Crippen MR) is 339 cm³/mol. The Kier molecular flexibility index (Phi) is 23.3. The van der Waals surface area contributed by atoms with Crippen molar-refractivity contribution in [1.82, 2.24) is 59.8 Å². The molecule has 5 N–H and O–H groups in total. The van der Waals surface area contributed by atoms with Crippen LogP contribution in [0.2, 0.25) is 0 Å². The van der Waals surface area contributed by atoms with Crippen LogP contribution in [0.15, 0.2) is 67.0 Å². The molecule has 0 spiro atoms. The van der Waals surface area contributed by atoms with E-state index < -0.39 is 39.4 Å². The Morgan fingerprint density at radius 3 is 2.16 bits per heavy atom. The van der Waals surface area contributed by atoms with Crippen LogP contribution in [0.1, 0.15) is 80.8 Å². The van der Waals surface area contributed by atoms with Gasteiger partial charge in [0.25, 0.3) is 0 Å². The van der Waals surface area contributed by atoms with Crippen LogP contribution in [0.25, 0.3) is 54.8 Å². The van der Waals surface area contributed by atoms with E-state index in [-0.39, 0.29) is 138 Å². The van der Waals surface area contributed by atoms with Gasteiger partial charge in [-0.15, -0.1) is 11.3 Å². The van der Waals surface area contributed by atoms with E-state index in [1.807, 2.05) is 6.07 Å². The second kappa shape index (κ2) is 31.6. The molecule has 492 valence electrons. The summed E-state index contributed by atoms with van der Waals surface area (Å²) >= 11 is 1.35. The van der Waals surface area contributed by atoms with Gasteiger partial charge in [0.2, 0.25) is 45.5 Å². The number of esters is 1. The number of sulfonamides is 1. The van der Waals surface area contributed by atoms with Crippen molar-refractivity contribution >= 4 is 90.3 Å². The minimum absolute atomic E-state index is 0.00789. The van der Waals surface area contributed by atoms with Crippen molar-refractivity contribution in [3.63, 3.8) is 0 Å². The van der Waals surface area contributed by atoms with Gasteiger partial charge in [-0.1, -0.05) is 25.1 Å². The maximum absolute atomic E-state index is 16.1. The number of benzene rings is 3. The lowest BCUT2D eigenvalue weighted by Crippen LogP contribution is -2.41. The number of hydrogen-bond donors (Lipinski definition) is 4. The molecule has 30 heteroatoms. The van der Waals surface area contributed by atoms with Gasteiger partial charge in [-0.2, -0.15) is 10.2 Å². The first-order valence-electron chi connectivity index (χ1n) is 30.4. The molecule has 2 aliphatic rings. The number of likely N-dealkylation sites (N-methyl/N-ethyl adjacent to an activating group) is 1. The second-order valence-electron chi connectivity index (χ2n) is 22.4. The van der Waals surface area contributed by atoms with E-state index >= 15 is 8.78 Å². The highest BCUT2D eigenvalue weighted by Crippen LogP contribution is 2.44. The van der Waals surface area contributed by atoms with Gasteiger partial charge in [0.05, 0.1) is 115 Å². The smallest absolute Gasteiger partial charge is 0.325 e. The standard InChI is InChI=1S/C62H76F2N14O12S2/c1-5-32-92(85,86)73-46-10-6-9-43(57(46)64)59-60(47-14-20-67-62(65)70-47)91-61(71-59)40-17-24-77(25-18-40)53(82)19-26-88-28-30-90-31-29-89-27-21-66-50(79)12-13-52(81)76-22-15-39(16-23-76)58-56-42(44-34-49-41(33-45(44)63)35-69-75(49)3)8-7-11-48(56)78(72-58)38-54(83)74(2)37-51(80)68-36-55(84)87-4/h6-11,14,20,33-35,39-40,73H,5,12-13,15-19,21-32,36-38H2,1-4H3,(H,66,79)(H,68,80)(H2,65,67,70). The molecule has 9 rings (SSSR count). The minimum atomic E-state index is -3.77. The van der Waals surface area contributed by atoms with E-state index in [9.17, 15) is 37.2 Å². The quantitative estimate of drug-likeness (QED) is 0.0324. The Morgan fingerprint density at radius 1 is 0.783 bits per heavy atom. The maximum Gasteiger partial charge on any atom is 0.325 e. The minimum Gasteiger partial charge on any atom is -0.468 e. The summed E-state index contributed by atoms with van der Waals surface area (Å²) < 4.78 is 84.2. The number of fused-ring (bicyclic) bond motifs is 2. The van der Waals surface area contributed by atoms with E-state index in [1.165, 1.54) is 48.7 Å². The number of carbonyl (C=O) groups is 6. The number of nitrogen functional groups attached to an aromatic ring is 1. The molecule has 26 nitrogen and oxygen atoms in total. The molecule has 4 aromatic heterocycles. The zero-order valence-electron chi connectivity index (χ0n) is 51.8. The molecule has 5 amide bonds. The van der Waals surface area contributed by atoms with Crippen molar-refractivity contribution in [2.45, 2.75) is 76.7 Å². The highest BCUT2D eigenvalue weighted by molar-refractivity contribution is 7.92. The average molecular weight is 1310 g/mol. The Bertz CT molecular complexity index is 3900. The fraction of sp³-hybridized carbons (Fsp3) is 0.468. The van der Waals surface area contributed by atoms with E-state index in [4.69, 9.17) is 30.0 Å². The molecule has 3 aromatic carbocycles. The number of methoxy groups -OCH3 is 1. The number of amides is 5. The molecular formula is C62H76F2N14O12S2. The third-order valence-electron chi connectivity index (χ3n) is 16.0. The molecule has 0 radical (unpaired) electrons. The largest absolute Gasteiger partial charge is 0.468 e. The number of aromatic nitrogens is 7. The SMILES string of the molecule is CCCS(=O)(=O)Nc1cccc(-c2nc(C3CCN(C(=O)CCOCCOCCOCCNC(=O)CCC(=O)N4CCC(c5nn(CC(=O)N(C)CC(=O)NCC(=O)OC)c6cccc(-c7cc8c(cnn8C)cc7F)c56)CC4)CC3)sc2-c2ccnc(N)n2)c1F. The summed E-state index contributed by atoms with van der Waals surface area (Å²) in [5.41, 5.74) is 9.45. The highest BCUT2D eigenvalue weighted by atomic mass is 32.2. The number of nitrogens with zero attached hydrogens (tertiary/aromatic N) is 10. The normalized spacial score (nSPS) is 14.0. The predicted octanol–water partition coefficient (Wildman–Crippen LogP) is 5.38. The first-order valence-corrected chi connectivity index (χ1v) is 32.9. The lowest BCUT2D eigenvalue weighted by atomic mass is 9.88. The number of carbonyl (C=O) groups excluding carboxylic acids is 6. The molecule has 7 aromatic rings. The summed E-state index contributed by atoms with van der Waals surface area (Å²) in [6, 6.07) is 14.7. The van der Waals surface area contributed by atoms with Crippen LogP contribution in [-0.2, 0) is 71.3 Å². The molecule has 2 aliphatic heterocycles. The first kappa shape index (κ1) is 67.8. The first-order chi connectivity index (χ1) is 44.3. The third kappa shape index (κ3) is 17.3. The molecule has 0 bridgehead atoms. The van der Waals surface area contributed by atoms with Crippen LogP contribution >= 0.6 is 11.3 Å². The summed E-state index contributed by atoms with van der Waals surface area (Å²) in [4.78, 5) is 95.6. The Morgan fingerprint density at radius 2 is 1.46 bits per heavy atom. The Balaban J connectivity index is 0.657. The van der Waals surface area contributed by atoms with Gasteiger partial charge in [0, 0.05) is 99.6 Å². The molecule has 0 unspecified atom stereocenters. The van der Waals surface area contributed by atoms with E-state index in [1.54, 1.807) is 75.7 Å². The fourth-order valence-electron chi connectivity index (χ4n) is 11.1. The van der Waals surface area contributed by atoms with Crippen LogP contribution < -0.4 is 21.1 Å². The number of aryl methyl sites for hydroxylation is 1. The molecular weight excluding hydrogens is 1230 g/mol. The number of nitrogens with one attached hydrogen (secondary N) is 3. The molecule has 2 fully saturated rings. The lowest BCUT2D eigenvalue weighted by Gasteiger charge is -2.31. The number of piperidine rings is 2. The van der Waals surface area contributed by atoms with E-state index in [2.05, 4.69) is 35.2 Å². The number of likely N-dealkylation sites (tertiary alicyclic amines) is 2. The van der Waals surface area contributed by atoms with Gasteiger partial charge in [0.1, 0.15) is 18.9 Å². The number of hydrogen-bond acceptors (Lipinski definition) is 19. The summed E-state index contributed by atoms with van der Waals surface area (Å²) in [5.74, 6) is -3.68. The number of ether oxygens (including phenoxy) is 4. The Labute approximate surface area is 534 Å². The number of rotatable bonds is 30. The topological polar surface area (TPSA) is 320 Å². The van der Waals surface area contributed by atoms with Crippen molar-refractivity contribution in [3.05, 3.63) is 89.3 Å². The molecule has 0 aliphatic carbocycles. The van der Waals surface area contributed by atoms with Crippen molar-refractivity contribution in [1.29, 1.82) is 0 Å². The van der Waals surface area contributed by atoms with Crippen LogP contribution in [0.3, 0.4) is 0 Å². The molecule has 0 saturated carbocycles. The monoisotopic (exact) mass is 1310 g/mol. The van der Waals surface area contributed by atoms with Crippen LogP contribution in [0, 0.1) is 11.6 Å². The van der Waals surface area contributed by atoms with E-state index in [0.29, 0.717) is 108 Å². The second-order valence-corrected chi connectivity index (χ2v) is 25.2. The zero-order valence-corrected chi connectivity index (χ0v) is 53.4. The van der Waals surface area contributed by atoms with Crippen LogP contribution in [0.5, 0.6) is 0 Å². The van der Waals surface area contributed by atoms with Gasteiger partial charge in [-0.05, 0) is 74.1 Å². The molecule has 6 heterocycles. The van der Waals surface area contributed by atoms with Gasteiger partial charge in [-0.3, -0.25) is 42.9 Å².